The molecule has 0 saturated carbocycles. The highest BCUT2D eigenvalue weighted by molar-refractivity contribution is 9.09. The molecule has 0 radical (unpaired) electrons. The Morgan fingerprint density at radius 2 is 2.28 bits per heavy atom. The van der Waals surface area contributed by atoms with Gasteiger partial charge >= 0.3 is 5.82 Å². The van der Waals surface area contributed by atoms with Crippen LogP contribution in [0.3, 0.4) is 0 Å². The smallest absolute Gasteiger partial charge is 0.323 e. The third-order valence-corrected chi connectivity index (χ3v) is 3.81. The number of amides is 1. The van der Waals surface area contributed by atoms with Crippen LogP contribution in [0.5, 0.6) is 0 Å². The second-order valence-electron chi connectivity index (χ2n) is 3.94. The zero-order valence-corrected chi connectivity index (χ0v) is 11.9. The maximum atomic E-state index is 11.8. The lowest BCUT2D eigenvalue weighted by atomic mass is 10.2. The number of carbonyl (C=O) groups is 1. The predicted molar refractivity (Wildman–Crippen MR) is 72.0 cm³/mol. The van der Waals surface area contributed by atoms with Crippen LogP contribution in [-0.2, 0) is 7.05 Å². The molecule has 0 fully saturated rings. The summed E-state index contributed by atoms with van der Waals surface area (Å²) in [6.45, 7) is 2.60. The molecule has 1 atom stereocenters. The fourth-order valence-corrected chi connectivity index (χ4v) is 1.78. The fourth-order valence-electron chi connectivity index (χ4n) is 1.55. The van der Waals surface area contributed by atoms with E-state index in [0.717, 1.165) is 12.8 Å². The van der Waals surface area contributed by atoms with E-state index in [4.69, 9.17) is 0 Å². The molecule has 0 aliphatic carbocycles. The number of halogens is 1. The Labute approximate surface area is 114 Å². The minimum atomic E-state index is -0.512. The zero-order chi connectivity index (χ0) is 13.7. The summed E-state index contributed by atoms with van der Waals surface area (Å²) in [5.41, 5.74) is 0.296. The Morgan fingerprint density at radius 1 is 1.61 bits per heavy atom. The minimum Gasteiger partial charge on any atom is -0.358 e. The van der Waals surface area contributed by atoms with Crippen molar-refractivity contribution in [1.29, 1.82) is 0 Å². The molecule has 1 heterocycles. The van der Waals surface area contributed by atoms with Crippen molar-refractivity contribution in [3.63, 3.8) is 0 Å². The van der Waals surface area contributed by atoms with Gasteiger partial charge in [-0.15, -0.1) is 0 Å². The van der Waals surface area contributed by atoms with Gasteiger partial charge in [-0.25, -0.2) is 4.57 Å². The molecule has 6 nitrogen and oxygen atoms in total. The van der Waals surface area contributed by atoms with Crippen LogP contribution < -0.4 is 5.32 Å². The highest BCUT2D eigenvalue weighted by Gasteiger charge is 2.20. The summed E-state index contributed by atoms with van der Waals surface area (Å²) < 4.78 is 1.28. The van der Waals surface area contributed by atoms with Gasteiger partial charge in [0.15, 0.2) is 5.69 Å². The van der Waals surface area contributed by atoms with E-state index >= 15 is 0 Å². The summed E-state index contributed by atoms with van der Waals surface area (Å²) in [4.78, 5) is 22.3. The number of rotatable bonds is 6. The molecule has 0 spiro atoms. The van der Waals surface area contributed by atoms with Crippen LogP contribution in [0.1, 0.15) is 30.3 Å². The second-order valence-corrected chi connectivity index (χ2v) is 5.24. The molecule has 1 aromatic rings. The van der Waals surface area contributed by atoms with Crippen molar-refractivity contribution in [2.45, 2.75) is 24.6 Å². The lowest BCUT2D eigenvalue weighted by molar-refractivity contribution is -0.391. The van der Waals surface area contributed by atoms with Gasteiger partial charge in [0.1, 0.15) is 0 Å². The Kier molecular flexibility index (Phi) is 5.33. The monoisotopic (exact) mass is 317 g/mol. The Morgan fingerprint density at radius 3 is 2.78 bits per heavy atom. The first-order valence-corrected chi connectivity index (χ1v) is 6.61. The molecule has 0 aliphatic heterocycles. The molecule has 100 valence electrons. The summed E-state index contributed by atoms with van der Waals surface area (Å²) in [5, 5.41) is 13.4. The van der Waals surface area contributed by atoms with Crippen LogP contribution in [0.25, 0.3) is 0 Å². The van der Waals surface area contributed by atoms with Crippen molar-refractivity contribution in [1.82, 2.24) is 9.88 Å². The van der Waals surface area contributed by atoms with Gasteiger partial charge in [-0.1, -0.05) is 22.9 Å². The molecule has 1 amide bonds. The van der Waals surface area contributed by atoms with Gasteiger partial charge in [0, 0.05) is 17.4 Å². The maximum absolute atomic E-state index is 11.8. The Bertz CT molecular complexity index is 445. The van der Waals surface area contributed by atoms with Crippen LogP contribution >= 0.6 is 15.9 Å². The quantitative estimate of drug-likeness (QED) is 0.496. The van der Waals surface area contributed by atoms with Crippen LogP contribution in [0.2, 0.25) is 0 Å². The second kappa shape index (κ2) is 6.53. The molecule has 0 aliphatic rings. The number of nitro groups is 1. The number of hydrogen-bond donors (Lipinski definition) is 1. The van der Waals surface area contributed by atoms with Crippen molar-refractivity contribution >= 4 is 27.7 Å². The first kappa shape index (κ1) is 14.7. The molecule has 1 aromatic heterocycles. The number of aromatic nitrogens is 1. The summed E-state index contributed by atoms with van der Waals surface area (Å²) in [7, 11) is 1.51. The number of hydrogen-bond acceptors (Lipinski definition) is 3. The van der Waals surface area contributed by atoms with Crippen LogP contribution in [-0.4, -0.2) is 26.8 Å². The average molecular weight is 318 g/mol. The first-order chi connectivity index (χ1) is 8.47. The SMILES string of the molecule is CCC(Br)CCNC(=O)c1ccc([N+](=O)[O-])n1C. The van der Waals surface area contributed by atoms with E-state index in [9.17, 15) is 14.9 Å². The molecule has 0 saturated heterocycles. The summed E-state index contributed by atoms with van der Waals surface area (Å²) in [6.07, 6.45) is 1.82. The number of carbonyl (C=O) groups excluding carboxylic acids is 1. The van der Waals surface area contributed by atoms with Crippen molar-refractivity contribution in [2.24, 2.45) is 7.05 Å². The van der Waals surface area contributed by atoms with Crippen LogP contribution in [0.4, 0.5) is 5.82 Å². The van der Waals surface area contributed by atoms with Crippen LogP contribution in [0.15, 0.2) is 12.1 Å². The van der Waals surface area contributed by atoms with Crippen molar-refractivity contribution in [2.75, 3.05) is 6.54 Å². The highest BCUT2D eigenvalue weighted by Crippen LogP contribution is 2.15. The minimum absolute atomic E-state index is 0.0907. The summed E-state index contributed by atoms with van der Waals surface area (Å²) >= 11 is 3.47. The molecule has 0 aromatic carbocycles. The van der Waals surface area contributed by atoms with E-state index in [2.05, 4.69) is 28.2 Å². The fraction of sp³-hybridized carbons (Fsp3) is 0.545. The van der Waals surface area contributed by atoms with Gasteiger partial charge in [-0.05, 0) is 23.8 Å². The highest BCUT2D eigenvalue weighted by atomic mass is 79.9. The third kappa shape index (κ3) is 3.56. The Balaban J connectivity index is 2.60. The number of nitrogens with one attached hydrogen (secondary N) is 1. The van der Waals surface area contributed by atoms with E-state index in [0.29, 0.717) is 17.1 Å². The topological polar surface area (TPSA) is 77.2 Å². The summed E-state index contributed by atoms with van der Waals surface area (Å²) in [6, 6.07) is 2.78. The van der Waals surface area contributed by atoms with Gasteiger partial charge < -0.3 is 15.4 Å². The van der Waals surface area contributed by atoms with Gasteiger partial charge in [0.2, 0.25) is 0 Å². The normalized spacial score (nSPS) is 12.2. The van der Waals surface area contributed by atoms with E-state index < -0.39 is 4.92 Å². The van der Waals surface area contributed by atoms with E-state index in [1.54, 1.807) is 0 Å². The first-order valence-electron chi connectivity index (χ1n) is 5.69. The third-order valence-electron chi connectivity index (χ3n) is 2.70. The molecule has 1 N–H and O–H groups in total. The van der Waals surface area contributed by atoms with Crippen molar-refractivity contribution in [3.05, 3.63) is 27.9 Å². The molecule has 18 heavy (non-hydrogen) atoms. The van der Waals surface area contributed by atoms with E-state index in [1.165, 1.54) is 23.7 Å². The standard InChI is InChI=1S/C11H16BrN3O3/c1-3-8(12)6-7-13-11(16)9-4-5-10(14(9)2)15(17)18/h4-5,8H,3,6-7H2,1-2H3,(H,13,16). The van der Waals surface area contributed by atoms with E-state index in [-0.39, 0.29) is 11.7 Å². The molecule has 7 heteroatoms. The van der Waals surface area contributed by atoms with Crippen LogP contribution in [0, 0.1) is 10.1 Å². The molecular formula is C11H16BrN3O3. The predicted octanol–water partition coefficient (Wildman–Crippen LogP) is 2.23. The van der Waals surface area contributed by atoms with Crippen molar-refractivity contribution in [3.8, 4) is 0 Å². The lowest BCUT2D eigenvalue weighted by Crippen LogP contribution is -2.27. The number of alkyl halides is 1. The Hall–Kier alpha value is -1.37. The molecule has 1 unspecified atom stereocenters. The van der Waals surface area contributed by atoms with Gasteiger partial charge in [-0.2, -0.15) is 0 Å². The molecule has 0 bridgehead atoms. The molecule has 1 rings (SSSR count). The zero-order valence-electron chi connectivity index (χ0n) is 10.4. The van der Waals surface area contributed by atoms with Crippen molar-refractivity contribution < 1.29 is 9.72 Å². The van der Waals surface area contributed by atoms with Gasteiger partial charge in [0.05, 0.1) is 7.05 Å². The average Bonchev–Trinajstić information content (AvgIpc) is 2.70. The van der Waals surface area contributed by atoms with E-state index in [1.807, 2.05) is 0 Å². The summed E-state index contributed by atoms with van der Waals surface area (Å²) in [5.74, 6) is -0.381. The van der Waals surface area contributed by atoms with Gasteiger partial charge in [0.25, 0.3) is 5.91 Å². The largest absolute Gasteiger partial charge is 0.358 e. The molecular weight excluding hydrogens is 302 g/mol. The van der Waals surface area contributed by atoms with Gasteiger partial charge in [-0.3, -0.25) is 4.79 Å². The lowest BCUT2D eigenvalue weighted by Gasteiger charge is -2.07. The maximum Gasteiger partial charge on any atom is 0.323 e. The number of nitrogens with zero attached hydrogens (tertiary/aromatic N) is 2.